The van der Waals surface area contributed by atoms with E-state index in [1.165, 1.54) is 20.3 Å². The number of anilines is 3. The third kappa shape index (κ3) is 7.77. The second-order valence-corrected chi connectivity index (χ2v) is 22.0. The van der Waals surface area contributed by atoms with Crippen molar-refractivity contribution < 1.29 is 20.8 Å². The Bertz CT molecular complexity index is 1250. The Balaban J connectivity index is 1.71. The van der Waals surface area contributed by atoms with E-state index in [0.717, 1.165) is 0 Å². The van der Waals surface area contributed by atoms with E-state index < -0.39 is 44.3 Å². The zero-order valence-electron chi connectivity index (χ0n) is 35.7. The lowest BCUT2D eigenvalue weighted by molar-refractivity contribution is -0.294. The Morgan fingerprint density at radius 3 is 0.736 bits per heavy atom. The zero-order chi connectivity index (χ0) is 40.3. The molecule has 1 aromatic heterocycles. The molecule has 0 amide bonds. The Hall–Kier alpha value is -1.91. The molecule has 14 heteroatoms. The molecule has 14 nitrogen and oxygen atoms in total. The highest BCUT2D eigenvalue weighted by molar-refractivity contribution is 5.48. The maximum absolute atomic E-state index is 13.6. The molecule has 0 aliphatic carbocycles. The van der Waals surface area contributed by atoms with E-state index in [4.69, 9.17) is 20.7 Å². The molecule has 1 aromatic rings. The summed E-state index contributed by atoms with van der Waals surface area (Å²) in [5.41, 5.74) is 1.35. The number of aromatic nitrogens is 3. The highest BCUT2D eigenvalue weighted by Gasteiger charge is 2.55. The molecular formula is C39H70N10O4. The minimum atomic E-state index is -0.671. The normalized spacial score (nSPS) is 29.6. The van der Waals surface area contributed by atoms with Gasteiger partial charge in [0.2, 0.25) is 17.8 Å². The summed E-state index contributed by atoms with van der Waals surface area (Å²) < 4.78 is 0. The van der Waals surface area contributed by atoms with E-state index in [2.05, 4.69) is 9.80 Å². The Morgan fingerprint density at radius 2 is 0.566 bits per heavy atom. The molecule has 0 spiro atoms. The molecule has 5 rings (SSSR count). The van der Waals surface area contributed by atoms with Gasteiger partial charge in [0.15, 0.2) is 0 Å². The van der Waals surface area contributed by atoms with Gasteiger partial charge in [0, 0.05) is 68.5 Å². The van der Waals surface area contributed by atoms with Crippen LogP contribution < -0.4 is 15.5 Å². The fourth-order valence-electron chi connectivity index (χ4n) is 11.5. The summed E-state index contributed by atoms with van der Waals surface area (Å²) in [5.74, 6) is 0.951. The SMILES string of the molecule is CC1(C)CC(N(c2nc(N)nc(N(C3CC(C)(C)N([O])C(C)(C)C3)C3CC(C)(C)N([O])C(C)(C)C3)n2)C2CC(C)(C)N([O])C(C)(C)C2)CC(C)(C)N1[O]. The molecule has 4 aliphatic rings. The van der Waals surface area contributed by atoms with E-state index >= 15 is 0 Å². The fraction of sp³-hybridized carbons (Fsp3) is 0.923. The number of piperidine rings is 4. The first-order valence-corrected chi connectivity index (χ1v) is 19.7. The Kier molecular flexibility index (Phi) is 10.4. The van der Waals surface area contributed by atoms with Crippen molar-refractivity contribution in [1.29, 1.82) is 0 Å². The largest absolute Gasteiger partial charge is 0.368 e. The third-order valence-corrected chi connectivity index (χ3v) is 12.9. The summed E-state index contributed by atoms with van der Waals surface area (Å²) in [6, 6.07) is -0.532. The van der Waals surface area contributed by atoms with Crippen LogP contribution in [0.4, 0.5) is 17.8 Å². The van der Waals surface area contributed by atoms with Gasteiger partial charge in [-0.15, -0.1) is 41.1 Å². The molecule has 0 bridgehead atoms. The molecule has 4 fully saturated rings. The quantitative estimate of drug-likeness (QED) is 0.339. The van der Waals surface area contributed by atoms with Crippen LogP contribution in [-0.2, 0) is 20.8 Å². The lowest BCUT2D eigenvalue weighted by Crippen LogP contribution is -2.68. The highest BCUT2D eigenvalue weighted by atomic mass is 16.5. The van der Waals surface area contributed by atoms with E-state index in [9.17, 15) is 20.8 Å². The monoisotopic (exact) mass is 743 g/mol. The molecule has 0 aromatic carbocycles. The van der Waals surface area contributed by atoms with Crippen LogP contribution in [0.2, 0.25) is 0 Å². The van der Waals surface area contributed by atoms with E-state index in [1.54, 1.807) is 0 Å². The number of nitrogen functional groups attached to an aromatic ring is 1. The standard InChI is InChI=1S/C39H70N10O4/c1-32(2)17-25(18-33(3,4)46(32)50)44(26-19-34(5,6)47(51)35(7,8)20-26)30-41-29(40)42-31(43-30)45(27-21-36(9,10)48(52)37(11,12)22-27)28-23-38(13,14)49(53)39(15,16)24-28/h25-28H,17-24H2,1-16H3,(H2,40,41,42,43). The van der Waals surface area contributed by atoms with Crippen LogP contribution >= 0.6 is 0 Å². The molecular weight excluding hydrogens is 672 g/mol. The zero-order valence-corrected chi connectivity index (χ0v) is 35.7. The average molecular weight is 743 g/mol. The predicted molar refractivity (Wildman–Crippen MR) is 204 cm³/mol. The Morgan fingerprint density at radius 1 is 0.396 bits per heavy atom. The van der Waals surface area contributed by atoms with Gasteiger partial charge in [0.1, 0.15) is 0 Å². The van der Waals surface area contributed by atoms with Crippen molar-refractivity contribution in [3.05, 3.63) is 0 Å². The van der Waals surface area contributed by atoms with Gasteiger partial charge in [-0.25, -0.2) is 0 Å². The van der Waals surface area contributed by atoms with Crippen LogP contribution in [0.15, 0.2) is 0 Å². The molecule has 0 atom stereocenters. The summed E-state index contributed by atoms with van der Waals surface area (Å²) in [6.45, 7) is 31.9. The fourth-order valence-corrected chi connectivity index (χ4v) is 11.5. The first kappa shape index (κ1) is 42.2. The molecule has 2 N–H and O–H groups in total. The van der Waals surface area contributed by atoms with Crippen molar-refractivity contribution in [2.75, 3.05) is 15.5 Å². The van der Waals surface area contributed by atoms with Crippen molar-refractivity contribution in [2.24, 2.45) is 0 Å². The number of hydroxylamine groups is 8. The highest BCUT2D eigenvalue weighted by Crippen LogP contribution is 2.48. The van der Waals surface area contributed by atoms with Crippen LogP contribution in [0.3, 0.4) is 0 Å². The van der Waals surface area contributed by atoms with Crippen molar-refractivity contribution in [3.8, 4) is 0 Å². The van der Waals surface area contributed by atoms with Crippen LogP contribution in [0.1, 0.15) is 162 Å². The van der Waals surface area contributed by atoms with Crippen LogP contribution in [0, 0.1) is 0 Å². The second-order valence-electron chi connectivity index (χ2n) is 22.0. The maximum Gasteiger partial charge on any atom is 0.232 e. The van der Waals surface area contributed by atoms with Crippen LogP contribution in [0.5, 0.6) is 0 Å². The topological polar surface area (TPSA) is 164 Å². The average Bonchev–Trinajstić information content (AvgIpc) is 2.95. The lowest BCUT2D eigenvalue weighted by Gasteiger charge is -2.57. The van der Waals surface area contributed by atoms with Gasteiger partial charge in [-0.2, -0.15) is 15.0 Å². The molecule has 5 heterocycles. The molecule has 53 heavy (non-hydrogen) atoms. The first-order chi connectivity index (χ1) is 23.7. The summed E-state index contributed by atoms with van der Waals surface area (Å²) in [6.07, 6.45) is 4.54. The summed E-state index contributed by atoms with van der Waals surface area (Å²) in [7, 11) is 0. The molecule has 0 saturated carbocycles. The van der Waals surface area contributed by atoms with Crippen molar-refractivity contribution in [3.63, 3.8) is 0 Å². The number of nitrogens with zero attached hydrogens (tertiary/aromatic N) is 9. The Labute approximate surface area is 319 Å². The van der Waals surface area contributed by atoms with Gasteiger partial charge >= 0.3 is 0 Å². The number of hydrogen-bond donors (Lipinski definition) is 1. The summed E-state index contributed by atoms with van der Waals surface area (Å²) >= 11 is 0. The van der Waals surface area contributed by atoms with E-state index in [0.29, 0.717) is 63.3 Å². The summed E-state index contributed by atoms with van der Waals surface area (Å²) in [5, 5.41) is 59.5. The number of rotatable bonds is 6. The van der Waals surface area contributed by atoms with Gasteiger partial charge in [-0.3, -0.25) is 0 Å². The molecule has 4 saturated heterocycles. The van der Waals surface area contributed by atoms with Crippen LogP contribution in [-0.4, -0.2) is 104 Å². The summed E-state index contributed by atoms with van der Waals surface area (Å²) in [4.78, 5) is 19.7. The van der Waals surface area contributed by atoms with Gasteiger partial charge in [0.05, 0.1) is 0 Å². The van der Waals surface area contributed by atoms with Gasteiger partial charge < -0.3 is 15.5 Å². The third-order valence-electron chi connectivity index (χ3n) is 12.9. The predicted octanol–water partition coefficient (Wildman–Crippen LogP) is 6.54. The molecule has 0 unspecified atom stereocenters. The van der Waals surface area contributed by atoms with Gasteiger partial charge in [-0.05, 0) is 162 Å². The maximum atomic E-state index is 13.6. The van der Waals surface area contributed by atoms with E-state index in [-0.39, 0.29) is 30.1 Å². The molecule has 4 aliphatic heterocycles. The number of nitrogens with two attached hydrogens (primary N) is 1. The number of hydrogen-bond acceptors (Lipinski definition) is 10. The first-order valence-electron chi connectivity index (χ1n) is 19.7. The van der Waals surface area contributed by atoms with E-state index in [1.807, 2.05) is 111 Å². The van der Waals surface area contributed by atoms with Crippen LogP contribution in [0.25, 0.3) is 0 Å². The second kappa shape index (κ2) is 13.1. The molecule has 300 valence electrons. The minimum absolute atomic E-state index is 0.0825. The minimum Gasteiger partial charge on any atom is -0.368 e. The van der Waals surface area contributed by atoms with Gasteiger partial charge in [-0.1, -0.05) is 0 Å². The van der Waals surface area contributed by atoms with Crippen molar-refractivity contribution in [2.45, 2.75) is 231 Å². The molecule has 4 radical (unpaired) electrons. The van der Waals surface area contributed by atoms with Crippen molar-refractivity contribution in [1.82, 2.24) is 35.2 Å². The lowest BCUT2D eigenvalue weighted by atomic mass is 9.74. The smallest absolute Gasteiger partial charge is 0.232 e. The van der Waals surface area contributed by atoms with Crippen molar-refractivity contribution >= 4 is 17.8 Å². The van der Waals surface area contributed by atoms with Gasteiger partial charge in [0.25, 0.3) is 0 Å².